The molecule has 168 valence electrons. The van der Waals surface area contributed by atoms with Crippen molar-refractivity contribution in [3.05, 3.63) is 0 Å². The van der Waals surface area contributed by atoms with E-state index in [2.05, 4.69) is 16.0 Å². The summed E-state index contributed by atoms with van der Waals surface area (Å²) in [5, 5.41) is 18.4. The van der Waals surface area contributed by atoms with Crippen molar-refractivity contribution in [2.45, 2.75) is 103 Å². The number of aliphatic hydroxyl groups excluding tert-OH is 1. The topological polar surface area (TPSA) is 139 Å². The van der Waals surface area contributed by atoms with Crippen LogP contribution in [0.3, 0.4) is 0 Å². The Hall–Kier alpha value is -0.500. The van der Waals surface area contributed by atoms with E-state index >= 15 is 0 Å². The second-order valence-corrected chi connectivity index (χ2v) is 8.79. The first kappa shape index (κ1) is 27.5. The number of carboxylic acid groups (broad SMARTS) is 1. The summed E-state index contributed by atoms with van der Waals surface area (Å²) in [4.78, 5) is 19.9. The third kappa shape index (κ3) is 17.6. The first-order chi connectivity index (χ1) is 13.3. The van der Waals surface area contributed by atoms with Crippen molar-refractivity contribution in [2.24, 2.45) is 5.73 Å². The smallest absolute Gasteiger partial charge is 0.472 e. The number of phosphoric ester groups is 1. The molecule has 0 saturated heterocycles. The van der Waals surface area contributed by atoms with Gasteiger partial charge in [-0.05, 0) is 6.42 Å². The maximum Gasteiger partial charge on any atom is 0.472 e. The lowest BCUT2D eigenvalue weighted by molar-refractivity contribution is -0.139. The predicted molar refractivity (Wildman–Crippen MR) is 109 cm³/mol. The lowest BCUT2D eigenvalue weighted by Gasteiger charge is -2.16. The second kappa shape index (κ2) is 17.4. The summed E-state index contributed by atoms with van der Waals surface area (Å²) in [5.74, 6) is -1.34. The van der Waals surface area contributed by atoms with E-state index in [0.29, 0.717) is 6.42 Å². The molecule has 8 nitrogen and oxygen atoms in total. The molecule has 0 aromatic carbocycles. The standard InChI is InChI=1S/C19H40NO7P/c1-2-3-4-5-6-7-8-9-10-11-12-13-14-17(21)15-26-28(24,25)27-16-18(20)19(22)23/h17-18,21H,2-16,20H2,1H3,(H,22,23)(H,24,25). The highest BCUT2D eigenvalue weighted by Gasteiger charge is 2.25. The highest BCUT2D eigenvalue weighted by molar-refractivity contribution is 7.47. The fraction of sp³-hybridized carbons (Fsp3) is 0.947. The van der Waals surface area contributed by atoms with Crippen molar-refractivity contribution in [3.63, 3.8) is 0 Å². The Morgan fingerprint density at radius 2 is 1.32 bits per heavy atom. The second-order valence-electron chi connectivity index (χ2n) is 7.34. The van der Waals surface area contributed by atoms with E-state index in [1.807, 2.05) is 0 Å². The average Bonchev–Trinajstić information content (AvgIpc) is 2.65. The number of aliphatic hydroxyl groups is 1. The molecule has 0 aromatic heterocycles. The van der Waals surface area contributed by atoms with Crippen molar-refractivity contribution < 1.29 is 33.5 Å². The molecule has 9 heteroatoms. The SMILES string of the molecule is CCCCCCCCCCCCCCC(O)COP(=O)(O)OCC(N)C(=O)O. The van der Waals surface area contributed by atoms with Gasteiger partial charge < -0.3 is 20.8 Å². The van der Waals surface area contributed by atoms with Crippen LogP contribution in [-0.4, -0.2) is 46.4 Å². The molecule has 0 bridgehead atoms. The van der Waals surface area contributed by atoms with Crippen molar-refractivity contribution in [3.8, 4) is 0 Å². The molecule has 0 aromatic rings. The molecular weight excluding hydrogens is 385 g/mol. The molecule has 0 amide bonds. The lowest BCUT2D eigenvalue weighted by Crippen LogP contribution is -2.34. The van der Waals surface area contributed by atoms with E-state index in [-0.39, 0.29) is 6.61 Å². The Kier molecular flexibility index (Phi) is 17.1. The molecule has 0 rings (SSSR count). The molecule has 0 heterocycles. The maximum absolute atomic E-state index is 11.6. The van der Waals surface area contributed by atoms with Crippen LogP contribution >= 0.6 is 7.82 Å². The predicted octanol–water partition coefficient (Wildman–Crippen LogP) is 3.98. The van der Waals surface area contributed by atoms with E-state index in [4.69, 9.17) is 10.8 Å². The third-order valence-electron chi connectivity index (χ3n) is 4.56. The molecule has 0 spiro atoms. The van der Waals surface area contributed by atoms with E-state index in [1.165, 1.54) is 57.8 Å². The number of hydrogen-bond acceptors (Lipinski definition) is 6. The minimum atomic E-state index is -4.41. The summed E-state index contributed by atoms with van der Waals surface area (Å²) in [6, 6.07) is -1.41. The van der Waals surface area contributed by atoms with Crippen LogP contribution in [0.15, 0.2) is 0 Å². The van der Waals surface area contributed by atoms with Gasteiger partial charge in [0.2, 0.25) is 0 Å². The van der Waals surface area contributed by atoms with Crippen molar-refractivity contribution in [1.82, 2.24) is 0 Å². The van der Waals surface area contributed by atoms with Crippen LogP contribution in [0.25, 0.3) is 0 Å². The monoisotopic (exact) mass is 425 g/mol. The van der Waals surface area contributed by atoms with Crippen LogP contribution in [0.2, 0.25) is 0 Å². The third-order valence-corrected chi connectivity index (χ3v) is 5.51. The summed E-state index contributed by atoms with van der Waals surface area (Å²) in [6.07, 6.45) is 14.3. The average molecular weight is 426 g/mol. The zero-order valence-electron chi connectivity index (χ0n) is 17.3. The lowest BCUT2D eigenvalue weighted by atomic mass is 10.0. The Morgan fingerprint density at radius 3 is 1.79 bits per heavy atom. The van der Waals surface area contributed by atoms with Crippen molar-refractivity contribution >= 4 is 13.8 Å². The van der Waals surface area contributed by atoms with Crippen LogP contribution in [0.4, 0.5) is 0 Å². The van der Waals surface area contributed by atoms with Gasteiger partial charge in [-0.15, -0.1) is 0 Å². The van der Waals surface area contributed by atoms with Gasteiger partial charge in [0.25, 0.3) is 0 Å². The fourth-order valence-corrected chi connectivity index (χ4v) is 3.55. The molecule has 0 aliphatic heterocycles. The van der Waals surface area contributed by atoms with E-state index in [0.717, 1.165) is 19.3 Å². The first-order valence-corrected chi connectivity index (χ1v) is 12.1. The molecule has 0 radical (unpaired) electrons. The van der Waals surface area contributed by atoms with Crippen LogP contribution in [-0.2, 0) is 18.4 Å². The van der Waals surface area contributed by atoms with Crippen LogP contribution in [0, 0.1) is 0 Å². The van der Waals surface area contributed by atoms with Crippen LogP contribution in [0.1, 0.15) is 90.4 Å². The molecule has 3 atom stereocenters. The number of carboxylic acids is 1. The van der Waals surface area contributed by atoms with Gasteiger partial charge in [0.05, 0.1) is 19.3 Å². The number of aliphatic carboxylic acids is 1. The van der Waals surface area contributed by atoms with Gasteiger partial charge in [0, 0.05) is 0 Å². The highest BCUT2D eigenvalue weighted by Crippen LogP contribution is 2.43. The maximum atomic E-state index is 11.6. The van der Waals surface area contributed by atoms with Gasteiger partial charge in [0.1, 0.15) is 6.04 Å². The largest absolute Gasteiger partial charge is 0.480 e. The number of phosphoric acid groups is 1. The van der Waals surface area contributed by atoms with Crippen LogP contribution < -0.4 is 5.73 Å². The van der Waals surface area contributed by atoms with Gasteiger partial charge in [-0.1, -0.05) is 84.0 Å². The normalized spacial score (nSPS) is 15.9. The fourth-order valence-electron chi connectivity index (χ4n) is 2.77. The number of carbonyl (C=O) groups is 1. The molecule has 0 fully saturated rings. The Labute approximate surface area is 169 Å². The molecule has 0 aliphatic carbocycles. The minimum absolute atomic E-state index is 0.339. The van der Waals surface area contributed by atoms with E-state index in [9.17, 15) is 19.4 Å². The van der Waals surface area contributed by atoms with E-state index < -0.39 is 32.5 Å². The van der Waals surface area contributed by atoms with Gasteiger partial charge in [0.15, 0.2) is 0 Å². The molecule has 0 saturated carbocycles. The number of hydrogen-bond donors (Lipinski definition) is 4. The first-order valence-electron chi connectivity index (χ1n) is 10.6. The quantitative estimate of drug-likeness (QED) is 0.170. The van der Waals surface area contributed by atoms with E-state index in [1.54, 1.807) is 0 Å². The van der Waals surface area contributed by atoms with Crippen molar-refractivity contribution in [1.29, 1.82) is 0 Å². The van der Waals surface area contributed by atoms with Gasteiger partial charge in [-0.3, -0.25) is 13.8 Å². The number of rotatable bonds is 20. The minimum Gasteiger partial charge on any atom is -0.480 e. The molecule has 5 N–H and O–H groups in total. The number of unbranched alkanes of at least 4 members (excludes halogenated alkanes) is 11. The van der Waals surface area contributed by atoms with Crippen molar-refractivity contribution in [2.75, 3.05) is 13.2 Å². The summed E-state index contributed by atoms with van der Waals surface area (Å²) >= 11 is 0. The summed E-state index contributed by atoms with van der Waals surface area (Å²) in [6.45, 7) is 1.25. The molecule has 0 aliphatic rings. The zero-order chi connectivity index (χ0) is 21.3. The van der Waals surface area contributed by atoms with Crippen LogP contribution in [0.5, 0.6) is 0 Å². The summed E-state index contributed by atoms with van der Waals surface area (Å²) < 4.78 is 20.7. The molecular formula is C19H40NO7P. The molecule has 3 unspecified atom stereocenters. The molecule has 28 heavy (non-hydrogen) atoms. The van der Waals surface area contributed by atoms with Gasteiger partial charge in [-0.2, -0.15) is 0 Å². The van der Waals surface area contributed by atoms with Gasteiger partial charge in [-0.25, -0.2) is 4.57 Å². The Bertz CT molecular complexity index is 437. The highest BCUT2D eigenvalue weighted by atomic mass is 31.2. The summed E-state index contributed by atoms with van der Waals surface area (Å²) in [5.41, 5.74) is 5.17. The number of nitrogens with two attached hydrogens (primary N) is 1. The zero-order valence-corrected chi connectivity index (χ0v) is 18.2. The summed E-state index contributed by atoms with van der Waals surface area (Å²) in [7, 11) is -4.41. The Morgan fingerprint density at radius 1 is 0.893 bits per heavy atom. The Balaban J connectivity index is 3.53. The van der Waals surface area contributed by atoms with Gasteiger partial charge >= 0.3 is 13.8 Å².